The van der Waals surface area contributed by atoms with Gasteiger partial charge in [0.05, 0.1) is 11.6 Å². The van der Waals surface area contributed by atoms with E-state index in [0.29, 0.717) is 0 Å². The third-order valence-corrected chi connectivity index (χ3v) is 9.96. The molecule has 1 spiro atoms. The van der Waals surface area contributed by atoms with Crippen LogP contribution in [0.15, 0.2) is 116 Å². The Hall–Kier alpha value is -5.75. The van der Waals surface area contributed by atoms with Gasteiger partial charge in [-0.2, -0.15) is 9.13 Å². The Kier molecular flexibility index (Phi) is 3.01. The second kappa shape index (κ2) is 6.26. The van der Waals surface area contributed by atoms with Gasteiger partial charge in [-0.1, -0.05) is 30.3 Å². The van der Waals surface area contributed by atoms with Gasteiger partial charge in [0.15, 0.2) is 16.6 Å². The SMILES string of the molecule is c1cc[n+]2c(c1)-n1c3ccccc3c3ccc4c(c31)C21c2c(ccc3c5cnccc5c5c6ccccc6[n+]1n5c23)O4. The van der Waals surface area contributed by atoms with E-state index in [1.165, 1.54) is 65.6 Å². The molecule has 3 aliphatic rings. The average molecular weight is 538 g/mol. The summed E-state index contributed by atoms with van der Waals surface area (Å²) in [5, 5.41) is 7.24. The van der Waals surface area contributed by atoms with Crippen molar-refractivity contribution in [2.24, 2.45) is 0 Å². The number of nitrogens with zero attached hydrogens (tertiary/aromatic N) is 5. The van der Waals surface area contributed by atoms with Crippen molar-refractivity contribution in [3.05, 3.63) is 127 Å². The summed E-state index contributed by atoms with van der Waals surface area (Å²) in [5.41, 5.74) is 7.60. The number of benzene rings is 4. The van der Waals surface area contributed by atoms with E-state index in [4.69, 9.17) is 4.74 Å². The molecule has 8 heterocycles. The van der Waals surface area contributed by atoms with E-state index in [0.717, 1.165) is 22.7 Å². The second-order valence-electron chi connectivity index (χ2n) is 11.6. The molecule has 6 nitrogen and oxygen atoms in total. The quantitative estimate of drug-likeness (QED) is 0.164. The van der Waals surface area contributed by atoms with Crippen LogP contribution in [-0.2, 0) is 5.66 Å². The first-order valence-electron chi connectivity index (χ1n) is 14.3. The first-order chi connectivity index (χ1) is 20.9. The van der Waals surface area contributed by atoms with Crippen molar-refractivity contribution in [2.75, 3.05) is 0 Å². The highest BCUT2D eigenvalue weighted by molar-refractivity contribution is 6.19. The molecule has 9 aromatic rings. The van der Waals surface area contributed by atoms with Crippen LogP contribution < -0.4 is 14.0 Å². The molecule has 1 atom stereocenters. The minimum atomic E-state index is -0.706. The summed E-state index contributed by atoms with van der Waals surface area (Å²) in [5.74, 6) is 2.92. The van der Waals surface area contributed by atoms with Crippen LogP contribution >= 0.6 is 0 Å². The van der Waals surface area contributed by atoms with E-state index < -0.39 is 5.66 Å². The normalized spacial score (nSPS) is 17.3. The summed E-state index contributed by atoms with van der Waals surface area (Å²) in [6.07, 6.45) is 6.17. The topological polar surface area (TPSA) is 39.2 Å². The monoisotopic (exact) mass is 537 g/mol. The fraction of sp³-hybridized carbons (Fsp3) is 0.0278. The average Bonchev–Trinajstić information content (AvgIpc) is 3.68. The molecule has 12 rings (SSSR count). The van der Waals surface area contributed by atoms with Crippen LogP contribution in [0.2, 0.25) is 0 Å². The predicted molar refractivity (Wildman–Crippen MR) is 161 cm³/mol. The molecule has 6 heteroatoms. The fourth-order valence-corrected chi connectivity index (χ4v) is 8.61. The van der Waals surface area contributed by atoms with Crippen LogP contribution in [0.3, 0.4) is 0 Å². The van der Waals surface area contributed by atoms with E-state index in [2.05, 4.69) is 127 Å². The molecule has 192 valence electrons. The van der Waals surface area contributed by atoms with Crippen LogP contribution in [0.5, 0.6) is 11.5 Å². The van der Waals surface area contributed by atoms with Gasteiger partial charge >= 0.3 is 5.66 Å². The lowest BCUT2D eigenvalue weighted by atomic mass is 9.83. The largest absolute Gasteiger partial charge is 0.456 e. The maximum atomic E-state index is 6.89. The Morgan fingerprint density at radius 2 is 1.36 bits per heavy atom. The molecular weight excluding hydrogens is 518 g/mol. The molecule has 0 aliphatic carbocycles. The van der Waals surface area contributed by atoms with Crippen molar-refractivity contribution in [1.82, 2.24) is 14.1 Å². The summed E-state index contributed by atoms with van der Waals surface area (Å²) in [7, 11) is 0. The lowest BCUT2D eigenvalue weighted by Crippen LogP contribution is -2.76. The molecule has 42 heavy (non-hydrogen) atoms. The van der Waals surface area contributed by atoms with Crippen molar-refractivity contribution in [3.63, 3.8) is 0 Å². The zero-order valence-electron chi connectivity index (χ0n) is 22.1. The smallest absolute Gasteiger partial charge is 0.398 e. The van der Waals surface area contributed by atoms with Gasteiger partial charge in [-0.05, 0) is 59.3 Å². The minimum Gasteiger partial charge on any atom is -0.456 e. The lowest BCUT2D eigenvalue weighted by molar-refractivity contribution is -0.980. The van der Waals surface area contributed by atoms with E-state index in [9.17, 15) is 0 Å². The number of hydrogen-bond acceptors (Lipinski definition) is 2. The molecule has 0 saturated heterocycles. The molecule has 5 aromatic heterocycles. The molecule has 3 aliphatic heterocycles. The standard InChI is InChI=1S/C36H19N5O/c1-3-9-26-20(7-1)21-12-14-28-31-34(21)39(26)30-11-5-6-18-38(30)36(31)32-29(42-28)15-13-22-25-19-37-17-16-23(25)33-24-8-2-4-10-27(24)41(36)40(33)35(22)32/h1-19H/q+2. The van der Waals surface area contributed by atoms with E-state index in [1.807, 2.05) is 12.4 Å². The molecular formula is C36H19N5O+2. The Labute approximate surface area is 237 Å². The molecule has 0 amide bonds. The van der Waals surface area contributed by atoms with E-state index >= 15 is 0 Å². The van der Waals surface area contributed by atoms with Crippen LogP contribution in [-0.4, -0.2) is 14.1 Å². The zero-order chi connectivity index (χ0) is 26.9. The zero-order valence-corrected chi connectivity index (χ0v) is 22.1. The lowest BCUT2D eigenvalue weighted by Gasteiger charge is -2.33. The maximum Gasteiger partial charge on any atom is 0.398 e. The van der Waals surface area contributed by atoms with Gasteiger partial charge in [-0.25, -0.2) is 0 Å². The first kappa shape index (κ1) is 20.2. The molecule has 1 unspecified atom stereocenters. The maximum absolute atomic E-state index is 6.89. The van der Waals surface area contributed by atoms with Gasteiger partial charge < -0.3 is 4.74 Å². The van der Waals surface area contributed by atoms with Crippen molar-refractivity contribution in [3.8, 4) is 17.3 Å². The van der Waals surface area contributed by atoms with Crippen molar-refractivity contribution >= 4 is 59.9 Å². The molecule has 0 fully saturated rings. The third-order valence-electron chi connectivity index (χ3n) is 9.96. The second-order valence-corrected chi connectivity index (χ2v) is 11.6. The highest BCUT2D eigenvalue weighted by atomic mass is 16.5. The number of pyridine rings is 3. The van der Waals surface area contributed by atoms with Crippen LogP contribution in [0.4, 0.5) is 0 Å². The molecule has 4 aromatic carbocycles. The summed E-state index contributed by atoms with van der Waals surface area (Å²) < 4.78 is 16.8. The number of para-hydroxylation sites is 2. The van der Waals surface area contributed by atoms with Crippen molar-refractivity contribution in [2.45, 2.75) is 5.66 Å². The Bertz CT molecular complexity index is 2790. The van der Waals surface area contributed by atoms with Crippen LogP contribution in [0.1, 0.15) is 11.1 Å². The summed E-state index contributed by atoms with van der Waals surface area (Å²) in [6, 6.07) is 35.1. The van der Waals surface area contributed by atoms with Gasteiger partial charge in [0, 0.05) is 51.5 Å². The first-order valence-corrected chi connectivity index (χ1v) is 14.3. The summed E-state index contributed by atoms with van der Waals surface area (Å²) in [6.45, 7) is 0. The number of hydrogen-bond donors (Lipinski definition) is 0. The van der Waals surface area contributed by atoms with Gasteiger partial charge in [-0.3, -0.25) is 4.98 Å². The Morgan fingerprint density at radius 1 is 0.619 bits per heavy atom. The third kappa shape index (κ3) is 1.82. The summed E-state index contributed by atoms with van der Waals surface area (Å²) >= 11 is 0. The molecule has 0 radical (unpaired) electrons. The highest BCUT2D eigenvalue weighted by Gasteiger charge is 2.68. The number of fused-ring (bicyclic) bond motifs is 11. The van der Waals surface area contributed by atoms with Crippen molar-refractivity contribution in [1.29, 1.82) is 0 Å². The molecule has 0 bridgehead atoms. The van der Waals surface area contributed by atoms with Crippen molar-refractivity contribution < 1.29 is 14.0 Å². The Morgan fingerprint density at radius 3 is 2.26 bits per heavy atom. The predicted octanol–water partition coefficient (Wildman–Crippen LogP) is 6.50. The van der Waals surface area contributed by atoms with E-state index in [-0.39, 0.29) is 0 Å². The van der Waals surface area contributed by atoms with Gasteiger partial charge in [0.1, 0.15) is 28.0 Å². The fourth-order valence-electron chi connectivity index (χ4n) is 8.61. The number of aromatic nitrogens is 5. The van der Waals surface area contributed by atoms with Gasteiger partial charge in [0.25, 0.3) is 5.82 Å². The van der Waals surface area contributed by atoms with Crippen LogP contribution in [0.25, 0.3) is 65.7 Å². The Balaban J connectivity index is 1.48. The van der Waals surface area contributed by atoms with Gasteiger partial charge in [0.2, 0.25) is 5.52 Å². The highest BCUT2D eigenvalue weighted by Crippen LogP contribution is 2.56. The van der Waals surface area contributed by atoms with Gasteiger partial charge in [-0.15, -0.1) is 4.52 Å². The summed E-state index contributed by atoms with van der Waals surface area (Å²) in [4.78, 5) is 4.58. The number of ether oxygens (including phenoxy) is 1. The van der Waals surface area contributed by atoms with E-state index in [1.54, 1.807) is 0 Å². The number of rotatable bonds is 0. The van der Waals surface area contributed by atoms with Crippen LogP contribution in [0, 0.1) is 0 Å². The molecule has 0 N–H and O–H groups in total. The molecule has 0 saturated carbocycles. The minimum absolute atomic E-state index is 0.706.